The number of nitrogens with two attached hydrogens (primary N) is 1. The Kier molecular flexibility index (Phi) is 1.32. The van der Waals surface area contributed by atoms with Gasteiger partial charge in [0.2, 0.25) is 0 Å². The van der Waals surface area contributed by atoms with Crippen LogP contribution in [-0.4, -0.2) is 9.97 Å². The molecule has 1 aliphatic carbocycles. The average Bonchev–Trinajstić information content (AvgIpc) is 2.77. The lowest BCUT2D eigenvalue weighted by molar-refractivity contribution is 0.624. The molecule has 2 heterocycles. The van der Waals surface area contributed by atoms with E-state index in [1.807, 2.05) is 6.07 Å². The molecule has 0 spiro atoms. The second-order valence-electron chi connectivity index (χ2n) is 3.93. The summed E-state index contributed by atoms with van der Waals surface area (Å²) in [6.07, 6.45) is 3.18. The Morgan fingerprint density at radius 3 is 2.93 bits per heavy atom. The van der Waals surface area contributed by atoms with E-state index in [1.165, 1.54) is 12.3 Å². The Morgan fingerprint density at radius 2 is 2.21 bits per heavy atom. The number of aromatic amines is 1. The number of aromatic nitrogens is 2. The summed E-state index contributed by atoms with van der Waals surface area (Å²) >= 11 is 0. The molecule has 1 fully saturated rings. The predicted molar refractivity (Wildman–Crippen MR) is 51.2 cm³/mol. The van der Waals surface area contributed by atoms with Crippen molar-refractivity contribution in [1.29, 1.82) is 0 Å². The Balaban J connectivity index is 2.20. The monoisotopic (exact) mass is 191 g/mol. The summed E-state index contributed by atoms with van der Waals surface area (Å²) in [5.74, 6) is -0.315. The van der Waals surface area contributed by atoms with Crippen molar-refractivity contribution in [3.05, 3.63) is 29.8 Å². The smallest absolute Gasteiger partial charge is 0.142 e. The molecule has 0 saturated heterocycles. The molecule has 1 saturated carbocycles. The minimum Gasteiger partial charge on any atom is -0.342 e. The van der Waals surface area contributed by atoms with E-state index in [9.17, 15) is 4.39 Å². The largest absolute Gasteiger partial charge is 0.342 e. The highest BCUT2D eigenvalue weighted by Gasteiger charge is 2.41. The zero-order valence-corrected chi connectivity index (χ0v) is 7.55. The fraction of sp³-hybridized carbons (Fsp3) is 0.300. The van der Waals surface area contributed by atoms with Gasteiger partial charge in [-0.25, -0.2) is 9.37 Å². The number of rotatable bonds is 1. The normalized spacial score (nSPS) is 18.7. The van der Waals surface area contributed by atoms with Gasteiger partial charge in [-0.3, -0.25) is 0 Å². The summed E-state index contributed by atoms with van der Waals surface area (Å²) in [4.78, 5) is 7.08. The molecule has 4 heteroatoms. The van der Waals surface area contributed by atoms with Gasteiger partial charge in [0.15, 0.2) is 0 Å². The molecular formula is C10H10FN3. The van der Waals surface area contributed by atoms with Crippen LogP contribution in [-0.2, 0) is 5.54 Å². The molecule has 3 nitrogen and oxygen atoms in total. The van der Waals surface area contributed by atoms with Gasteiger partial charge in [-0.15, -0.1) is 0 Å². The number of halogens is 1. The van der Waals surface area contributed by atoms with Gasteiger partial charge in [-0.2, -0.15) is 0 Å². The van der Waals surface area contributed by atoms with Crippen molar-refractivity contribution in [3.8, 4) is 0 Å². The first kappa shape index (κ1) is 7.94. The summed E-state index contributed by atoms with van der Waals surface area (Å²) in [7, 11) is 0. The van der Waals surface area contributed by atoms with Crippen LogP contribution in [0, 0.1) is 5.82 Å². The third-order valence-corrected chi connectivity index (χ3v) is 2.76. The topological polar surface area (TPSA) is 54.7 Å². The van der Waals surface area contributed by atoms with Crippen LogP contribution in [0.1, 0.15) is 18.5 Å². The lowest BCUT2D eigenvalue weighted by atomic mass is 10.2. The van der Waals surface area contributed by atoms with Crippen LogP contribution < -0.4 is 5.73 Å². The third-order valence-electron chi connectivity index (χ3n) is 2.76. The molecule has 72 valence electrons. The number of H-pyrrole nitrogens is 1. The fourth-order valence-electron chi connectivity index (χ4n) is 1.66. The SMILES string of the molecule is NC1(c2cc3cc(F)cnc3[nH]2)CC1. The maximum absolute atomic E-state index is 12.9. The van der Waals surface area contributed by atoms with Crippen molar-refractivity contribution in [2.45, 2.75) is 18.4 Å². The predicted octanol–water partition coefficient (Wildman–Crippen LogP) is 1.65. The van der Waals surface area contributed by atoms with Crippen molar-refractivity contribution in [3.63, 3.8) is 0 Å². The van der Waals surface area contributed by atoms with E-state index in [4.69, 9.17) is 5.73 Å². The highest BCUT2D eigenvalue weighted by Crippen LogP contribution is 2.42. The number of hydrogen-bond acceptors (Lipinski definition) is 2. The van der Waals surface area contributed by atoms with Crippen molar-refractivity contribution < 1.29 is 4.39 Å². The average molecular weight is 191 g/mol. The van der Waals surface area contributed by atoms with Gasteiger partial charge in [0, 0.05) is 11.1 Å². The fourth-order valence-corrected chi connectivity index (χ4v) is 1.66. The second-order valence-corrected chi connectivity index (χ2v) is 3.93. The van der Waals surface area contributed by atoms with Crippen molar-refractivity contribution in [1.82, 2.24) is 9.97 Å². The van der Waals surface area contributed by atoms with E-state index in [0.29, 0.717) is 5.65 Å². The van der Waals surface area contributed by atoms with Gasteiger partial charge < -0.3 is 10.7 Å². The molecule has 0 aromatic carbocycles. The molecule has 0 atom stereocenters. The standard InChI is InChI=1S/C10H10FN3/c11-7-3-6-4-8(10(12)1-2-10)14-9(6)13-5-7/h3-5H,1-2,12H2,(H,13,14). The highest BCUT2D eigenvalue weighted by atomic mass is 19.1. The van der Waals surface area contributed by atoms with Crippen LogP contribution in [0.25, 0.3) is 11.0 Å². The van der Waals surface area contributed by atoms with E-state index in [-0.39, 0.29) is 11.4 Å². The summed E-state index contributed by atoms with van der Waals surface area (Å²) < 4.78 is 12.9. The first-order valence-corrected chi connectivity index (χ1v) is 4.61. The molecule has 0 bridgehead atoms. The minimum absolute atomic E-state index is 0.211. The third kappa shape index (κ3) is 1.04. The molecule has 3 rings (SSSR count). The zero-order chi connectivity index (χ0) is 9.76. The maximum atomic E-state index is 12.9. The van der Waals surface area contributed by atoms with Gasteiger partial charge >= 0.3 is 0 Å². The number of nitrogens with one attached hydrogen (secondary N) is 1. The molecule has 3 N–H and O–H groups in total. The van der Waals surface area contributed by atoms with Gasteiger partial charge in [0.25, 0.3) is 0 Å². The summed E-state index contributed by atoms with van der Waals surface area (Å²) in [6.45, 7) is 0. The number of hydrogen-bond donors (Lipinski definition) is 2. The van der Waals surface area contributed by atoms with Crippen LogP contribution in [0.3, 0.4) is 0 Å². The maximum Gasteiger partial charge on any atom is 0.142 e. The van der Waals surface area contributed by atoms with Crippen LogP contribution in [0.5, 0.6) is 0 Å². The Hall–Kier alpha value is -1.42. The molecule has 0 amide bonds. The lowest BCUT2D eigenvalue weighted by Crippen LogP contribution is -2.18. The summed E-state index contributed by atoms with van der Waals surface area (Å²) in [5.41, 5.74) is 7.48. The quantitative estimate of drug-likeness (QED) is 0.720. The molecule has 2 aromatic rings. The molecule has 0 radical (unpaired) electrons. The molecular weight excluding hydrogens is 181 g/mol. The van der Waals surface area contributed by atoms with Gasteiger partial charge in [0.05, 0.1) is 11.7 Å². The zero-order valence-electron chi connectivity index (χ0n) is 7.55. The molecule has 0 unspecified atom stereocenters. The van der Waals surface area contributed by atoms with Crippen LogP contribution >= 0.6 is 0 Å². The highest BCUT2D eigenvalue weighted by molar-refractivity contribution is 5.76. The van der Waals surface area contributed by atoms with Gasteiger partial charge in [-0.1, -0.05) is 0 Å². The van der Waals surface area contributed by atoms with E-state index in [0.717, 1.165) is 23.9 Å². The Morgan fingerprint density at radius 1 is 1.43 bits per heavy atom. The van der Waals surface area contributed by atoms with Gasteiger partial charge in [0.1, 0.15) is 11.5 Å². The van der Waals surface area contributed by atoms with Crippen molar-refractivity contribution in [2.75, 3.05) is 0 Å². The Labute approximate surface area is 80.1 Å². The second kappa shape index (κ2) is 2.33. The first-order chi connectivity index (χ1) is 6.67. The van der Waals surface area contributed by atoms with E-state index < -0.39 is 0 Å². The molecule has 0 aliphatic heterocycles. The number of fused-ring (bicyclic) bond motifs is 1. The van der Waals surface area contributed by atoms with Crippen LogP contribution in [0.2, 0.25) is 0 Å². The van der Waals surface area contributed by atoms with E-state index >= 15 is 0 Å². The lowest BCUT2D eigenvalue weighted by Gasteiger charge is -2.03. The molecule has 14 heavy (non-hydrogen) atoms. The first-order valence-electron chi connectivity index (χ1n) is 4.61. The van der Waals surface area contributed by atoms with Crippen molar-refractivity contribution in [2.24, 2.45) is 5.73 Å². The summed E-state index contributed by atoms with van der Waals surface area (Å²) in [6, 6.07) is 3.35. The van der Waals surface area contributed by atoms with E-state index in [2.05, 4.69) is 9.97 Å². The molecule has 1 aliphatic rings. The van der Waals surface area contributed by atoms with Crippen molar-refractivity contribution >= 4 is 11.0 Å². The Bertz CT molecular complexity index is 499. The molecule has 2 aromatic heterocycles. The van der Waals surface area contributed by atoms with Gasteiger partial charge in [-0.05, 0) is 25.0 Å². The minimum atomic E-state index is -0.315. The number of pyridine rings is 1. The van der Waals surface area contributed by atoms with Crippen LogP contribution in [0.4, 0.5) is 4.39 Å². The van der Waals surface area contributed by atoms with E-state index in [1.54, 1.807) is 0 Å². The number of nitrogens with zero attached hydrogens (tertiary/aromatic N) is 1. The van der Waals surface area contributed by atoms with Crippen LogP contribution in [0.15, 0.2) is 18.3 Å². The summed E-state index contributed by atoms with van der Waals surface area (Å²) in [5, 5.41) is 0.789.